The van der Waals surface area contributed by atoms with E-state index in [-0.39, 0.29) is 0 Å². The number of rotatable bonds is 3. The van der Waals surface area contributed by atoms with Crippen molar-refractivity contribution in [2.24, 2.45) is 7.05 Å². The van der Waals surface area contributed by atoms with Gasteiger partial charge < -0.3 is 4.57 Å². The van der Waals surface area contributed by atoms with Gasteiger partial charge >= 0.3 is 0 Å². The number of hydrogen-bond acceptors (Lipinski definition) is 4. The summed E-state index contributed by atoms with van der Waals surface area (Å²) in [6, 6.07) is 43.0. The highest BCUT2D eigenvalue weighted by molar-refractivity contribution is 7.26. The Kier molecular flexibility index (Phi) is 5.25. The quantitative estimate of drug-likeness (QED) is 0.199. The Morgan fingerprint density at radius 1 is 0.605 bits per heavy atom. The van der Waals surface area contributed by atoms with Gasteiger partial charge in [-0.25, -0.2) is 9.97 Å². The molecule has 0 saturated carbocycles. The fourth-order valence-electron chi connectivity index (χ4n) is 6.31. The average Bonchev–Trinajstić information content (AvgIpc) is 3.61. The van der Waals surface area contributed by atoms with Crippen LogP contribution in [0.4, 0.5) is 0 Å². The van der Waals surface area contributed by atoms with Crippen LogP contribution in [0, 0.1) is 0 Å². The van der Waals surface area contributed by atoms with E-state index in [1.54, 1.807) is 0 Å². The zero-order valence-electron chi connectivity index (χ0n) is 23.3. The lowest BCUT2D eigenvalue weighted by Crippen LogP contribution is -1.92. The summed E-state index contributed by atoms with van der Waals surface area (Å²) in [5.41, 5.74) is 9.62. The highest BCUT2D eigenvalue weighted by atomic mass is 32.1. The van der Waals surface area contributed by atoms with Crippen LogP contribution in [0.1, 0.15) is 0 Å². The van der Waals surface area contributed by atoms with Gasteiger partial charge in [0.25, 0.3) is 0 Å². The van der Waals surface area contributed by atoms with E-state index in [1.165, 1.54) is 31.3 Å². The van der Waals surface area contributed by atoms with E-state index >= 15 is 0 Å². The summed E-state index contributed by atoms with van der Waals surface area (Å²) in [5, 5.41) is 4.74. The number of imidazole rings is 1. The summed E-state index contributed by atoms with van der Waals surface area (Å²) in [5.74, 6) is 0.974. The van der Waals surface area contributed by atoms with Crippen LogP contribution in [-0.4, -0.2) is 19.5 Å². The average molecular weight is 569 g/mol. The van der Waals surface area contributed by atoms with Crippen LogP contribution < -0.4 is 0 Å². The maximum Gasteiger partial charge on any atom is 0.140 e. The zero-order valence-corrected chi connectivity index (χ0v) is 24.1. The maximum absolute atomic E-state index is 5.12. The van der Waals surface area contributed by atoms with Crippen LogP contribution >= 0.6 is 11.3 Å². The molecule has 0 saturated heterocycles. The van der Waals surface area contributed by atoms with E-state index < -0.39 is 0 Å². The van der Waals surface area contributed by atoms with Gasteiger partial charge in [-0.1, -0.05) is 78.9 Å². The standard InChI is InChI=1S/C38H24N4S/c1-42-32-9-3-2-8-31(32)41-38(42)26-15-11-23(12-16-26)28-7-4-10-34-35(28)29-22-27(18-20-33(29)43-34)30-19-17-25-14-13-24-6-5-21-39-36(24)37(25)40-30/h2-22H,1H3. The minimum Gasteiger partial charge on any atom is -0.327 e. The Hall–Kier alpha value is -5.39. The largest absolute Gasteiger partial charge is 0.327 e. The highest BCUT2D eigenvalue weighted by Crippen LogP contribution is 2.42. The van der Waals surface area contributed by atoms with E-state index in [0.29, 0.717) is 0 Å². The molecule has 0 amide bonds. The molecule has 0 spiro atoms. The van der Waals surface area contributed by atoms with E-state index in [1.807, 2.05) is 29.7 Å². The molecule has 5 heteroatoms. The molecule has 43 heavy (non-hydrogen) atoms. The summed E-state index contributed by atoms with van der Waals surface area (Å²) in [7, 11) is 2.08. The summed E-state index contributed by atoms with van der Waals surface area (Å²) in [4.78, 5) is 14.7. The molecule has 0 aliphatic carbocycles. The Labute approximate surface area is 251 Å². The third-order valence-corrected chi connectivity index (χ3v) is 9.60. The molecule has 0 unspecified atom stereocenters. The van der Waals surface area contributed by atoms with Crippen LogP contribution in [0.25, 0.3) is 86.8 Å². The molecule has 202 valence electrons. The van der Waals surface area contributed by atoms with Gasteiger partial charge in [0.2, 0.25) is 0 Å². The van der Waals surface area contributed by atoms with E-state index in [2.05, 4.69) is 126 Å². The molecule has 0 aliphatic rings. The van der Waals surface area contributed by atoms with Crippen LogP contribution in [0.2, 0.25) is 0 Å². The first kappa shape index (κ1) is 24.2. The first-order chi connectivity index (χ1) is 21.2. The van der Waals surface area contributed by atoms with Gasteiger partial charge in [-0.05, 0) is 53.6 Å². The predicted molar refractivity (Wildman–Crippen MR) is 181 cm³/mol. The van der Waals surface area contributed by atoms with Gasteiger partial charge in [-0.2, -0.15) is 0 Å². The number of nitrogens with zero attached hydrogens (tertiary/aromatic N) is 4. The van der Waals surface area contributed by atoms with Crippen molar-refractivity contribution < 1.29 is 0 Å². The molecule has 0 atom stereocenters. The van der Waals surface area contributed by atoms with Crippen molar-refractivity contribution in [1.29, 1.82) is 0 Å². The number of pyridine rings is 2. The summed E-state index contributed by atoms with van der Waals surface area (Å²) in [6.07, 6.45) is 1.84. The van der Waals surface area contributed by atoms with Crippen molar-refractivity contribution in [3.63, 3.8) is 0 Å². The number of benzene rings is 5. The number of para-hydroxylation sites is 2. The summed E-state index contributed by atoms with van der Waals surface area (Å²) in [6.45, 7) is 0. The predicted octanol–water partition coefficient (Wildman–Crippen LogP) is 10.0. The van der Waals surface area contributed by atoms with Crippen molar-refractivity contribution in [2.45, 2.75) is 0 Å². The number of hydrogen-bond donors (Lipinski definition) is 0. The van der Waals surface area contributed by atoms with Crippen molar-refractivity contribution in [2.75, 3.05) is 0 Å². The molecular weight excluding hydrogens is 545 g/mol. The highest BCUT2D eigenvalue weighted by Gasteiger charge is 2.15. The topological polar surface area (TPSA) is 43.6 Å². The van der Waals surface area contributed by atoms with Crippen LogP contribution in [0.5, 0.6) is 0 Å². The third-order valence-electron chi connectivity index (χ3n) is 8.46. The second-order valence-electron chi connectivity index (χ2n) is 11.0. The van der Waals surface area contributed by atoms with Gasteiger partial charge in [-0.15, -0.1) is 11.3 Å². The van der Waals surface area contributed by atoms with Crippen molar-refractivity contribution in [3.05, 3.63) is 128 Å². The van der Waals surface area contributed by atoms with Gasteiger partial charge in [-0.3, -0.25) is 4.98 Å². The van der Waals surface area contributed by atoms with Crippen LogP contribution in [0.15, 0.2) is 128 Å². The van der Waals surface area contributed by atoms with E-state index in [0.717, 1.165) is 55.5 Å². The molecule has 4 nitrogen and oxygen atoms in total. The number of thiophene rings is 1. The Morgan fingerprint density at radius 3 is 2.28 bits per heavy atom. The van der Waals surface area contributed by atoms with Gasteiger partial charge in [0, 0.05) is 55.3 Å². The third kappa shape index (κ3) is 3.79. The van der Waals surface area contributed by atoms with Crippen LogP contribution in [0.3, 0.4) is 0 Å². The molecule has 0 N–H and O–H groups in total. The Bertz CT molecular complexity index is 2520. The molecule has 5 aromatic carbocycles. The first-order valence-corrected chi connectivity index (χ1v) is 15.2. The van der Waals surface area contributed by atoms with Crippen molar-refractivity contribution in [3.8, 4) is 33.8 Å². The van der Waals surface area contributed by atoms with Crippen molar-refractivity contribution >= 4 is 64.3 Å². The van der Waals surface area contributed by atoms with E-state index in [9.17, 15) is 0 Å². The fourth-order valence-corrected chi connectivity index (χ4v) is 7.43. The molecule has 4 heterocycles. The minimum absolute atomic E-state index is 0.937. The lowest BCUT2D eigenvalue weighted by Gasteiger charge is -2.08. The normalized spacial score (nSPS) is 11.8. The lowest BCUT2D eigenvalue weighted by atomic mass is 9.97. The molecule has 0 fully saturated rings. The van der Waals surface area contributed by atoms with Gasteiger partial charge in [0.1, 0.15) is 5.82 Å². The molecule has 0 bridgehead atoms. The smallest absolute Gasteiger partial charge is 0.140 e. The van der Waals surface area contributed by atoms with Gasteiger partial charge in [0.15, 0.2) is 0 Å². The summed E-state index contributed by atoms with van der Waals surface area (Å²) >= 11 is 1.84. The van der Waals surface area contributed by atoms with Crippen molar-refractivity contribution in [1.82, 2.24) is 19.5 Å². The Morgan fingerprint density at radius 2 is 1.40 bits per heavy atom. The second-order valence-corrected chi connectivity index (χ2v) is 12.0. The monoisotopic (exact) mass is 568 g/mol. The lowest BCUT2D eigenvalue weighted by molar-refractivity contribution is 0.959. The summed E-state index contributed by atoms with van der Waals surface area (Å²) < 4.78 is 4.72. The molecule has 0 aliphatic heterocycles. The zero-order chi connectivity index (χ0) is 28.5. The number of fused-ring (bicyclic) bond motifs is 7. The second kappa shape index (κ2) is 9.31. The number of aromatic nitrogens is 4. The molecule has 9 aromatic rings. The van der Waals surface area contributed by atoms with E-state index in [4.69, 9.17) is 9.97 Å². The fraction of sp³-hybridized carbons (Fsp3) is 0.0263. The van der Waals surface area contributed by atoms with Gasteiger partial charge in [0.05, 0.1) is 27.8 Å². The molecule has 4 aromatic heterocycles. The maximum atomic E-state index is 5.12. The number of aryl methyl sites for hydroxylation is 1. The molecular formula is C38H24N4S. The minimum atomic E-state index is 0.937. The van der Waals surface area contributed by atoms with Crippen LogP contribution in [-0.2, 0) is 7.05 Å². The molecule has 0 radical (unpaired) electrons. The first-order valence-electron chi connectivity index (χ1n) is 14.3. The molecule has 9 rings (SSSR count). The Balaban J connectivity index is 1.17. The SMILES string of the molecule is Cn1c(-c2ccc(-c3cccc4sc5ccc(-c6ccc7ccc8cccnc8c7n6)cc5c34)cc2)nc2ccccc21.